The Morgan fingerprint density at radius 3 is 2.38 bits per heavy atom. The summed E-state index contributed by atoms with van der Waals surface area (Å²) >= 11 is 0. The third-order valence-corrected chi connectivity index (χ3v) is 4.36. The van der Waals surface area contributed by atoms with Gasteiger partial charge in [0.2, 0.25) is 5.91 Å². The first-order valence-corrected chi connectivity index (χ1v) is 8.26. The van der Waals surface area contributed by atoms with Gasteiger partial charge in [0.1, 0.15) is 11.6 Å². The van der Waals surface area contributed by atoms with Gasteiger partial charge >= 0.3 is 6.03 Å². The number of benzene rings is 1. The Morgan fingerprint density at radius 1 is 1.21 bits per heavy atom. The highest BCUT2D eigenvalue weighted by atomic mass is 19.1. The maximum Gasteiger partial charge on any atom is 0.319 e. The van der Waals surface area contributed by atoms with Crippen molar-refractivity contribution >= 4 is 17.6 Å². The lowest BCUT2D eigenvalue weighted by molar-refractivity contribution is -0.121. The summed E-state index contributed by atoms with van der Waals surface area (Å²) in [6.45, 7) is 6.16. The highest BCUT2D eigenvalue weighted by Gasteiger charge is 2.29. The Hall–Kier alpha value is -2.18. The Balaban J connectivity index is 1.89. The molecule has 1 aliphatic heterocycles. The number of hydrogen-bond acceptors (Lipinski definition) is 2. The second kappa shape index (κ2) is 8.08. The van der Waals surface area contributed by atoms with Crippen molar-refractivity contribution < 1.29 is 18.4 Å². The molecule has 24 heavy (non-hydrogen) atoms. The lowest BCUT2D eigenvalue weighted by Gasteiger charge is -2.34. The van der Waals surface area contributed by atoms with Crippen LogP contribution in [0.3, 0.4) is 0 Å². The van der Waals surface area contributed by atoms with Crippen LogP contribution in [0, 0.1) is 17.6 Å². The Kier molecular flexibility index (Phi) is 6.11. The van der Waals surface area contributed by atoms with Crippen LogP contribution in [-0.2, 0) is 4.79 Å². The van der Waals surface area contributed by atoms with E-state index in [1.807, 2.05) is 13.8 Å². The van der Waals surface area contributed by atoms with Crippen molar-refractivity contribution in [2.24, 2.45) is 5.92 Å². The number of hydrogen-bond donors (Lipinski definition) is 1. The van der Waals surface area contributed by atoms with E-state index >= 15 is 0 Å². The molecule has 1 saturated heterocycles. The van der Waals surface area contributed by atoms with Gasteiger partial charge in [0.15, 0.2) is 0 Å². The van der Waals surface area contributed by atoms with Crippen LogP contribution in [-0.4, -0.2) is 47.9 Å². The molecule has 0 atom stereocenters. The largest absolute Gasteiger partial charge is 0.325 e. The van der Waals surface area contributed by atoms with Crippen molar-refractivity contribution in [2.45, 2.75) is 26.7 Å². The fourth-order valence-electron chi connectivity index (χ4n) is 2.85. The van der Waals surface area contributed by atoms with Crippen LogP contribution in [0.2, 0.25) is 0 Å². The van der Waals surface area contributed by atoms with E-state index in [9.17, 15) is 18.4 Å². The number of rotatable bonds is 4. The first-order chi connectivity index (χ1) is 11.5. The van der Waals surface area contributed by atoms with Crippen LogP contribution in [0.5, 0.6) is 0 Å². The maximum absolute atomic E-state index is 13.6. The molecule has 1 aromatic rings. The molecule has 0 radical (unpaired) electrons. The summed E-state index contributed by atoms with van der Waals surface area (Å²) in [6, 6.07) is 3.04. The molecule has 0 saturated carbocycles. The lowest BCUT2D eigenvalue weighted by atomic mass is 9.96. The van der Waals surface area contributed by atoms with E-state index in [1.54, 1.807) is 9.80 Å². The molecule has 1 N–H and O–H groups in total. The monoisotopic (exact) mass is 339 g/mol. The van der Waals surface area contributed by atoms with Crippen molar-refractivity contribution in [1.29, 1.82) is 0 Å². The van der Waals surface area contributed by atoms with E-state index < -0.39 is 11.6 Å². The smallest absolute Gasteiger partial charge is 0.319 e. The third kappa shape index (κ3) is 4.21. The van der Waals surface area contributed by atoms with Crippen LogP contribution in [0.15, 0.2) is 18.2 Å². The van der Waals surface area contributed by atoms with Gasteiger partial charge in [-0.15, -0.1) is 0 Å². The molecule has 5 nitrogen and oxygen atoms in total. The Morgan fingerprint density at radius 2 is 1.83 bits per heavy atom. The summed E-state index contributed by atoms with van der Waals surface area (Å²) < 4.78 is 26.5. The second-order valence-electron chi connectivity index (χ2n) is 5.83. The van der Waals surface area contributed by atoms with Gasteiger partial charge in [-0.3, -0.25) is 4.79 Å². The molecule has 0 unspecified atom stereocenters. The summed E-state index contributed by atoms with van der Waals surface area (Å²) in [5.74, 6) is -2.06. The number of anilines is 1. The summed E-state index contributed by atoms with van der Waals surface area (Å²) in [6.07, 6.45) is 1.06. The summed E-state index contributed by atoms with van der Waals surface area (Å²) in [7, 11) is 0. The van der Waals surface area contributed by atoms with E-state index in [0.29, 0.717) is 39.0 Å². The van der Waals surface area contributed by atoms with Gasteiger partial charge < -0.3 is 15.1 Å². The normalized spacial score (nSPS) is 15.2. The minimum atomic E-state index is -0.794. The quantitative estimate of drug-likeness (QED) is 0.916. The number of urea groups is 1. The molecule has 1 aliphatic rings. The zero-order valence-corrected chi connectivity index (χ0v) is 14.0. The molecule has 0 aromatic heterocycles. The van der Waals surface area contributed by atoms with Crippen LogP contribution in [0.25, 0.3) is 0 Å². The van der Waals surface area contributed by atoms with E-state index in [4.69, 9.17) is 0 Å². The first kappa shape index (κ1) is 18.2. The Bertz CT molecular complexity index is 597. The van der Waals surface area contributed by atoms with Gasteiger partial charge in [0.05, 0.1) is 5.69 Å². The fourth-order valence-corrected chi connectivity index (χ4v) is 2.85. The topological polar surface area (TPSA) is 52.7 Å². The van der Waals surface area contributed by atoms with Crippen LogP contribution >= 0.6 is 0 Å². The van der Waals surface area contributed by atoms with Gasteiger partial charge in [-0.1, -0.05) is 0 Å². The van der Waals surface area contributed by atoms with E-state index in [1.165, 1.54) is 6.07 Å². The van der Waals surface area contributed by atoms with Crippen molar-refractivity contribution in [3.05, 3.63) is 29.8 Å². The minimum Gasteiger partial charge on any atom is -0.325 e. The molecule has 0 aliphatic carbocycles. The van der Waals surface area contributed by atoms with E-state index in [2.05, 4.69) is 5.32 Å². The maximum atomic E-state index is 13.6. The van der Waals surface area contributed by atoms with Gasteiger partial charge in [0.25, 0.3) is 0 Å². The number of nitrogens with one attached hydrogen (secondary N) is 1. The number of piperidine rings is 1. The number of carbonyl (C=O) groups is 2. The van der Waals surface area contributed by atoms with Crippen LogP contribution < -0.4 is 5.32 Å². The highest BCUT2D eigenvalue weighted by molar-refractivity contribution is 5.92. The zero-order chi connectivity index (χ0) is 17.7. The Labute approximate surface area is 140 Å². The number of amides is 3. The van der Waals surface area contributed by atoms with Gasteiger partial charge in [-0.25, -0.2) is 13.6 Å². The van der Waals surface area contributed by atoms with Gasteiger partial charge in [-0.2, -0.15) is 0 Å². The van der Waals surface area contributed by atoms with E-state index in [-0.39, 0.29) is 23.5 Å². The van der Waals surface area contributed by atoms with Crippen LogP contribution in [0.4, 0.5) is 19.3 Å². The van der Waals surface area contributed by atoms with Crippen LogP contribution in [0.1, 0.15) is 26.7 Å². The molecular weight excluding hydrogens is 316 g/mol. The van der Waals surface area contributed by atoms with Crippen molar-refractivity contribution in [1.82, 2.24) is 9.80 Å². The molecular formula is C17H23F2N3O2. The molecule has 1 heterocycles. The fraction of sp³-hybridized carbons (Fsp3) is 0.529. The molecule has 0 spiro atoms. The van der Waals surface area contributed by atoms with Crippen molar-refractivity contribution in [3.8, 4) is 0 Å². The standard InChI is InChI=1S/C17H23F2N3O2/c1-3-21(4-2)17(24)22-9-7-12(8-10-22)16(23)20-15-6-5-13(18)11-14(15)19/h5-6,11-12H,3-4,7-10H2,1-2H3,(H,20,23). The molecule has 1 fully saturated rings. The summed E-state index contributed by atoms with van der Waals surface area (Å²) in [5, 5.41) is 2.50. The second-order valence-corrected chi connectivity index (χ2v) is 5.83. The zero-order valence-electron chi connectivity index (χ0n) is 14.0. The average molecular weight is 339 g/mol. The molecule has 0 bridgehead atoms. The number of halogens is 2. The number of carbonyl (C=O) groups excluding carboxylic acids is 2. The predicted molar refractivity (Wildman–Crippen MR) is 87.6 cm³/mol. The summed E-state index contributed by atoms with van der Waals surface area (Å²) in [4.78, 5) is 28.0. The number of likely N-dealkylation sites (tertiary alicyclic amines) is 1. The predicted octanol–water partition coefficient (Wildman–Crippen LogP) is 3.08. The molecule has 1 aromatic carbocycles. The summed E-state index contributed by atoms with van der Waals surface area (Å²) in [5.41, 5.74) is -0.0250. The first-order valence-electron chi connectivity index (χ1n) is 8.26. The van der Waals surface area contributed by atoms with Crippen molar-refractivity contribution in [3.63, 3.8) is 0 Å². The van der Waals surface area contributed by atoms with Crippen molar-refractivity contribution in [2.75, 3.05) is 31.5 Å². The molecule has 132 valence electrons. The molecule has 7 heteroatoms. The third-order valence-electron chi connectivity index (χ3n) is 4.36. The van der Waals surface area contributed by atoms with Gasteiger partial charge in [-0.05, 0) is 38.8 Å². The highest BCUT2D eigenvalue weighted by Crippen LogP contribution is 2.22. The van der Waals surface area contributed by atoms with E-state index in [0.717, 1.165) is 12.1 Å². The molecule has 2 rings (SSSR count). The lowest BCUT2D eigenvalue weighted by Crippen LogP contribution is -2.47. The SMILES string of the molecule is CCN(CC)C(=O)N1CCC(C(=O)Nc2ccc(F)cc2F)CC1. The minimum absolute atomic E-state index is 0.0107. The molecule has 3 amide bonds. The average Bonchev–Trinajstić information content (AvgIpc) is 2.58. The van der Waals surface area contributed by atoms with Gasteiger partial charge in [0, 0.05) is 38.2 Å². The number of nitrogens with zero attached hydrogens (tertiary/aromatic N) is 2.